The van der Waals surface area contributed by atoms with Crippen LogP contribution in [0.5, 0.6) is 0 Å². The summed E-state index contributed by atoms with van der Waals surface area (Å²) in [7, 11) is 0. The summed E-state index contributed by atoms with van der Waals surface area (Å²) >= 11 is 0. The Balaban J connectivity index is 3.31. The summed E-state index contributed by atoms with van der Waals surface area (Å²) in [6.07, 6.45) is 18.9. The van der Waals surface area contributed by atoms with Crippen LogP contribution >= 0.6 is 0 Å². The average Bonchev–Trinajstić information content (AvgIpc) is 2.47. The van der Waals surface area contributed by atoms with Crippen LogP contribution < -0.4 is 0 Å². The zero-order valence-corrected chi connectivity index (χ0v) is 15.2. The average molecular weight is 311 g/mol. The maximum absolute atomic E-state index is 10.6. The zero-order valence-electron chi connectivity index (χ0n) is 15.2. The molecule has 0 aromatic heterocycles. The summed E-state index contributed by atoms with van der Waals surface area (Å²) in [5.41, 5.74) is 0.996. The standard InChI is InChI=1S/C20H38O2/c1-4-5-6-7-8-9-10-11-12-13-14-15-16-18(2)19(3)17-20(21)22/h17-18H,4-16H2,1-3H3,(H,21,22)/b19-17+. The van der Waals surface area contributed by atoms with Gasteiger partial charge in [0.1, 0.15) is 0 Å². The molecule has 0 saturated carbocycles. The second kappa shape index (κ2) is 15.1. The van der Waals surface area contributed by atoms with E-state index in [-0.39, 0.29) is 0 Å². The first-order valence-corrected chi connectivity index (χ1v) is 9.49. The Bertz CT molecular complexity index is 294. The molecular formula is C20H38O2. The van der Waals surface area contributed by atoms with Gasteiger partial charge in [-0.3, -0.25) is 0 Å². The van der Waals surface area contributed by atoms with Crippen molar-refractivity contribution in [2.24, 2.45) is 5.92 Å². The molecule has 130 valence electrons. The highest BCUT2D eigenvalue weighted by molar-refractivity contribution is 5.80. The Labute approximate surface area is 138 Å². The third-order valence-corrected chi connectivity index (χ3v) is 4.62. The number of carbonyl (C=O) groups is 1. The van der Waals surface area contributed by atoms with Gasteiger partial charge in [-0.05, 0) is 19.3 Å². The van der Waals surface area contributed by atoms with Crippen molar-refractivity contribution in [2.45, 2.75) is 104 Å². The fraction of sp³-hybridized carbons (Fsp3) is 0.850. The molecule has 0 amide bonds. The van der Waals surface area contributed by atoms with Crippen molar-refractivity contribution >= 4 is 5.97 Å². The van der Waals surface area contributed by atoms with Gasteiger partial charge in [-0.2, -0.15) is 0 Å². The first-order chi connectivity index (χ1) is 10.6. The van der Waals surface area contributed by atoms with Crippen LogP contribution in [0.2, 0.25) is 0 Å². The summed E-state index contributed by atoms with van der Waals surface area (Å²) < 4.78 is 0. The van der Waals surface area contributed by atoms with Gasteiger partial charge in [0.05, 0.1) is 0 Å². The Morgan fingerprint density at radius 3 is 1.68 bits per heavy atom. The van der Waals surface area contributed by atoms with E-state index >= 15 is 0 Å². The highest BCUT2D eigenvalue weighted by Crippen LogP contribution is 2.19. The van der Waals surface area contributed by atoms with Crippen LogP contribution in [0.15, 0.2) is 11.6 Å². The number of rotatable bonds is 15. The smallest absolute Gasteiger partial charge is 0.328 e. The molecule has 0 aromatic rings. The third-order valence-electron chi connectivity index (χ3n) is 4.62. The minimum Gasteiger partial charge on any atom is -0.478 e. The van der Waals surface area contributed by atoms with Gasteiger partial charge in [0, 0.05) is 6.08 Å². The number of aliphatic carboxylic acids is 1. The van der Waals surface area contributed by atoms with Gasteiger partial charge in [-0.15, -0.1) is 0 Å². The van der Waals surface area contributed by atoms with E-state index in [9.17, 15) is 4.79 Å². The van der Waals surface area contributed by atoms with Crippen LogP contribution in [-0.4, -0.2) is 11.1 Å². The maximum atomic E-state index is 10.6. The number of hydrogen-bond acceptors (Lipinski definition) is 1. The molecule has 1 unspecified atom stereocenters. The molecule has 0 radical (unpaired) electrons. The lowest BCUT2D eigenvalue weighted by molar-refractivity contribution is -0.131. The highest BCUT2D eigenvalue weighted by Gasteiger charge is 2.05. The molecule has 0 fully saturated rings. The number of carboxylic acids is 1. The van der Waals surface area contributed by atoms with Gasteiger partial charge in [0.15, 0.2) is 0 Å². The van der Waals surface area contributed by atoms with Crippen LogP contribution in [0.3, 0.4) is 0 Å². The van der Waals surface area contributed by atoms with E-state index in [2.05, 4.69) is 13.8 Å². The fourth-order valence-corrected chi connectivity index (χ4v) is 2.86. The largest absolute Gasteiger partial charge is 0.478 e. The summed E-state index contributed by atoms with van der Waals surface area (Å²) in [4.78, 5) is 10.6. The first kappa shape index (κ1) is 21.2. The van der Waals surface area contributed by atoms with Crippen molar-refractivity contribution in [3.63, 3.8) is 0 Å². The van der Waals surface area contributed by atoms with E-state index in [1.54, 1.807) is 0 Å². The van der Waals surface area contributed by atoms with Crippen LogP contribution in [0.1, 0.15) is 104 Å². The van der Waals surface area contributed by atoms with Crippen molar-refractivity contribution in [1.29, 1.82) is 0 Å². The fourth-order valence-electron chi connectivity index (χ4n) is 2.86. The molecule has 0 heterocycles. The summed E-state index contributed by atoms with van der Waals surface area (Å²) in [5, 5.41) is 8.73. The Morgan fingerprint density at radius 1 is 0.864 bits per heavy atom. The molecule has 0 bridgehead atoms. The molecule has 1 atom stereocenters. The molecule has 22 heavy (non-hydrogen) atoms. The molecular weight excluding hydrogens is 272 g/mol. The molecule has 0 aliphatic rings. The van der Waals surface area contributed by atoms with Gasteiger partial charge in [0.25, 0.3) is 0 Å². The number of hydrogen-bond donors (Lipinski definition) is 1. The molecule has 0 rings (SSSR count). The topological polar surface area (TPSA) is 37.3 Å². The number of unbranched alkanes of at least 4 members (excludes halogenated alkanes) is 11. The van der Waals surface area contributed by atoms with Gasteiger partial charge < -0.3 is 5.11 Å². The van der Waals surface area contributed by atoms with Crippen LogP contribution in [0.4, 0.5) is 0 Å². The second-order valence-electron chi connectivity index (χ2n) is 6.81. The van der Waals surface area contributed by atoms with E-state index in [4.69, 9.17) is 5.11 Å². The van der Waals surface area contributed by atoms with E-state index in [0.29, 0.717) is 5.92 Å². The lowest BCUT2D eigenvalue weighted by Gasteiger charge is -2.11. The van der Waals surface area contributed by atoms with Gasteiger partial charge >= 0.3 is 5.97 Å². The summed E-state index contributed by atoms with van der Waals surface area (Å²) in [5.74, 6) is -0.418. The molecule has 0 aliphatic heterocycles. The summed E-state index contributed by atoms with van der Waals surface area (Å²) in [6.45, 7) is 6.33. The van der Waals surface area contributed by atoms with Crippen LogP contribution in [-0.2, 0) is 4.79 Å². The van der Waals surface area contributed by atoms with Crippen LogP contribution in [0, 0.1) is 5.92 Å². The monoisotopic (exact) mass is 310 g/mol. The Kier molecular flexibility index (Phi) is 14.6. The first-order valence-electron chi connectivity index (χ1n) is 9.49. The van der Waals surface area contributed by atoms with E-state index < -0.39 is 5.97 Å². The van der Waals surface area contributed by atoms with Crippen molar-refractivity contribution in [2.75, 3.05) is 0 Å². The lowest BCUT2D eigenvalue weighted by atomic mass is 9.95. The van der Waals surface area contributed by atoms with E-state index in [0.717, 1.165) is 12.0 Å². The predicted molar refractivity (Wildman–Crippen MR) is 96.3 cm³/mol. The molecule has 0 aromatic carbocycles. The minimum atomic E-state index is -0.820. The molecule has 1 N–H and O–H groups in total. The zero-order chi connectivity index (χ0) is 16.6. The van der Waals surface area contributed by atoms with Crippen molar-refractivity contribution < 1.29 is 9.90 Å². The SMILES string of the molecule is CCCCCCCCCCCCCCC(C)/C(C)=C/C(=O)O. The van der Waals surface area contributed by atoms with Gasteiger partial charge in [-0.25, -0.2) is 4.79 Å². The third kappa shape index (κ3) is 14.2. The van der Waals surface area contributed by atoms with E-state index in [1.165, 1.54) is 83.1 Å². The van der Waals surface area contributed by atoms with Gasteiger partial charge in [0.2, 0.25) is 0 Å². The molecule has 0 aliphatic carbocycles. The van der Waals surface area contributed by atoms with Crippen molar-refractivity contribution in [3.05, 3.63) is 11.6 Å². The van der Waals surface area contributed by atoms with Gasteiger partial charge in [-0.1, -0.05) is 96.5 Å². The highest BCUT2D eigenvalue weighted by atomic mass is 16.4. The molecule has 0 saturated heterocycles. The van der Waals surface area contributed by atoms with Crippen LogP contribution in [0.25, 0.3) is 0 Å². The van der Waals surface area contributed by atoms with Crippen molar-refractivity contribution in [1.82, 2.24) is 0 Å². The normalized spacial score (nSPS) is 13.3. The molecule has 0 spiro atoms. The lowest BCUT2D eigenvalue weighted by Crippen LogP contribution is -2.00. The molecule has 2 nitrogen and oxygen atoms in total. The minimum absolute atomic E-state index is 0.402. The summed E-state index contributed by atoms with van der Waals surface area (Å²) in [6, 6.07) is 0. The maximum Gasteiger partial charge on any atom is 0.328 e. The number of allylic oxidation sites excluding steroid dienone is 1. The predicted octanol–water partition coefficient (Wildman–Crippen LogP) is 6.74. The second-order valence-corrected chi connectivity index (χ2v) is 6.81. The van der Waals surface area contributed by atoms with Crippen molar-refractivity contribution in [3.8, 4) is 0 Å². The quantitative estimate of drug-likeness (QED) is 0.268. The Hall–Kier alpha value is -0.790. The Morgan fingerprint density at radius 2 is 1.27 bits per heavy atom. The molecule has 2 heteroatoms. The number of carboxylic acid groups (broad SMARTS) is 1. The van der Waals surface area contributed by atoms with E-state index in [1.807, 2.05) is 6.92 Å².